The van der Waals surface area contributed by atoms with Gasteiger partial charge in [0.15, 0.2) is 0 Å². The van der Waals surface area contributed by atoms with Crippen molar-refractivity contribution in [2.75, 3.05) is 26.2 Å². The summed E-state index contributed by atoms with van der Waals surface area (Å²) in [6.45, 7) is 5.74. The van der Waals surface area contributed by atoms with Crippen LogP contribution in [0.2, 0.25) is 0 Å². The highest BCUT2D eigenvalue weighted by Gasteiger charge is 2.35. The first kappa shape index (κ1) is 25.4. The molecule has 2 saturated heterocycles. The number of hydrogen-bond donors (Lipinski definition) is 1. The summed E-state index contributed by atoms with van der Waals surface area (Å²) < 4.78 is 27.4. The van der Waals surface area contributed by atoms with Crippen LogP contribution in [0, 0.1) is 18.8 Å². The van der Waals surface area contributed by atoms with Crippen LogP contribution in [-0.2, 0) is 19.6 Å². The molecule has 0 bridgehead atoms. The highest BCUT2D eigenvalue weighted by molar-refractivity contribution is 7.89. The van der Waals surface area contributed by atoms with Gasteiger partial charge in [0, 0.05) is 38.0 Å². The number of piperidine rings is 2. The molecule has 0 unspecified atom stereocenters. The highest BCUT2D eigenvalue weighted by atomic mass is 32.2. The number of carbonyl (C=O) groups excluding carboxylic acids is 2. The van der Waals surface area contributed by atoms with E-state index in [0.29, 0.717) is 56.8 Å². The predicted octanol–water partition coefficient (Wildman–Crippen LogP) is 3.51. The van der Waals surface area contributed by atoms with Crippen molar-refractivity contribution >= 4 is 21.8 Å². The number of sulfonamides is 1. The van der Waals surface area contributed by atoms with Crippen molar-refractivity contribution in [2.24, 2.45) is 11.8 Å². The lowest BCUT2D eigenvalue weighted by Crippen LogP contribution is -2.48. The first-order valence-corrected chi connectivity index (χ1v) is 13.9. The third-order valence-corrected chi connectivity index (χ3v) is 9.21. The molecule has 7 nitrogen and oxygen atoms in total. The van der Waals surface area contributed by atoms with E-state index in [2.05, 4.69) is 5.32 Å². The van der Waals surface area contributed by atoms with Gasteiger partial charge in [-0.2, -0.15) is 4.31 Å². The smallest absolute Gasteiger partial charge is 0.243 e. The molecule has 2 aromatic carbocycles. The van der Waals surface area contributed by atoms with Gasteiger partial charge in [-0.15, -0.1) is 0 Å². The van der Waals surface area contributed by atoms with Crippen molar-refractivity contribution in [2.45, 2.75) is 50.5 Å². The monoisotopic (exact) mass is 497 g/mol. The molecule has 2 fully saturated rings. The summed E-state index contributed by atoms with van der Waals surface area (Å²) in [7, 11) is -3.54. The van der Waals surface area contributed by atoms with Crippen LogP contribution in [0.15, 0.2) is 59.5 Å². The van der Waals surface area contributed by atoms with Crippen LogP contribution in [0.5, 0.6) is 0 Å². The lowest BCUT2D eigenvalue weighted by molar-refractivity contribution is -0.140. The molecule has 2 aliphatic heterocycles. The third kappa shape index (κ3) is 5.93. The Morgan fingerprint density at radius 1 is 0.857 bits per heavy atom. The first-order chi connectivity index (χ1) is 16.8. The normalized spacial score (nSPS) is 19.3. The number of hydrogen-bond acceptors (Lipinski definition) is 4. The van der Waals surface area contributed by atoms with E-state index in [0.717, 1.165) is 11.1 Å². The Balaban J connectivity index is 1.25. The van der Waals surface area contributed by atoms with Gasteiger partial charge < -0.3 is 10.2 Å². The summed E-state index contributed by atoms with van der Waals surface area (Å²) in [6.07, 6.45) is 2.36. The first-order valence-electron chi connectivity index (χ1n) is 12.5. The average Bonchev–Trinajstić information content (AvgIpc) is 2.89. The Morgan fingerprint density at radius 3 is 2.03 bits per heavy atom. The van der Waals surface area contributed by atoms with Gasteiger partial charge in [0.25, 0.3) is 0 Å². The Kier molecular flexibility index (Phi) is 7.91. The second kappa shape index (κ2) is 10.9. The molecular weight excluding hydrogens is 462 g/mol. The SMILES string of the molecule is Cc1ccc(S(=O)(=O)N2CCC(C(=O)N3CCC(C(=O)N[C@H](C)c4ccccc4)CC3)CC2)cc1. The summed E-state index contributed by atoms with van der Waals surface area (Å²) in [5.41, 5.74) is 2.09. The fourth-order valence-electron chi connectivity index (χ4n) is 4.98. The van der Waals surface area contributed by atoms with Crippen molar-refractivity contribution < 1.29 is 18.0 Å². The molecule has 0 aliphatic carbocycles. The van der Waals surface area contributed by atoms with Crippen molar-refractivity contribution in [1.29, 1.82) is 0 Å². The Labute approximate surface area is 208 Å². The number of nitrogens with one attached hydrogen (secondary N) is 1. The van der Waals surface area contributed by atoms with Gasteiger partial charge >= 0.3 is 0 Å². The number of rotatable bonds is 6. The Hall–Kier alpha value is -2.71. The number of carbonyl (C=O) groups is 2. The van der Waals surface area contributed by atoms with Crippen LogP contribution in [0.4, 0.5) is 0 Å². The number of benzene rings is 2. The van der Waals surface area contributed by atoms with E-state index < -0.39 is 10.0 Å². The number of likely N-dealkylation sites (tertiary alicyclic amines) is 1. The van der Waals surface area contributed by atoms with Crippen molar-refractivity contribution in [3.05, 3.63) is 65.7 Å². The molecular formula is C27H35N3O4S. The molecule has 0 aromatic heterocycles. The number of amides is 2. The van der Waals surface area contributed by atoms with E-state index in [1.807, 2.05) is 49.1 Å². The van der Waals surface area contributed by atoms with Crippen molar-refractivity contribution in [3.8, 4) is 0 Å². The van der Waals surface area contributed by atoms with E-state index in [9.17, 15) is 18.0 Å². The fraction of sp³-hybridized carbons (Fsp3) is 0.481. The molecule has 35 heavy (non-hydrogen) atoms. The van der Waals surface area contributed by atoms with Crippen LogP contribution >= 0.6 is 0 Å². The molecule has 4 rings (SSSR count). The van der Waals surface area contributed by atoms with Gasteiger partial charge in [0.1, 0.15) is 0 Å². The molecule has 8 heteroatoms. The van der Waals surface area contributed by atoms with Crippen LogP contribution in [0.3, 0.4) is 0 Å². The second-order valence-electron chi connectivity index (χ2n) is 9.73. The molecule has 1 atom stereocenters. The third-order valence-electron chi connectivity index (χ3n) is 7.30. The minimum Gasteiger partial charge on any atom is -0.349 e. The Morgan fingerprint density at radius 2 is 1.43 bits per heavy atom. The summed E-state index contributed by atoms with van der Waals surface area (Å²) in [6, 6.07) is 16.7. The van der Waals surface area contributed by atoms with Gasteiger partial charge in [-0.3, -0.25) is 9.59 Å². The molecule has 2 amide bonds. The molecule has 2 heterocycles. The quantitative estimate of drug-likeness (QED) is 0.662. The lowest BCUT2D eigenvalue weighted by Gasteiger charge is -2.37. The van der Waals surface area contributed by atoms with Gasteiger partial charge in [-0.1, -0.05) is 48.0 Å². The van der Waals surface area contributed by atoms with Crippen molar-refractivity contribution in [3.63, 3.8) is 0 Å². The van der Waals surface area contributed by atoms with E-state index in [-0.39, 0.29) is 29.7 Å². The van der Waals surface area contributed by atoms with E-state index in [4.69, 9.17) is 0 Å². The molecule has 2 aliphatic rings. The summed E-state index contributed by atoms with van der Waals surface area (Å²) in [5.74, 6) is -0.119. The van der Waals surface area contributed by atoms with E-state index in [1.165, 1.54) is 4.31 Å². The minimum atomic E-state index is -3.54. The number of aryl methyl sites for hydroxylation is 1. The maximum atomic E-state index is 13.1. The highest BCUT2D eigenvalue weighted by Crippen LogP contribution is 2.27. The summed E-state index contributed by atoms with van der Waals surface area (Å²) in [4.78, 5) is 28.0. The number of nitrogens with zero attached hydrogens (tertiary/aromatic N) is 2. The van der Waals surface area contributed by atoms with E-state index in [1.54, 1.807) is 24.3 Å². The zero-order chi connectivity index (χ0) is 25.0. The van der Waals surface area contributed by atoms with Crippen LogP contribution < -0.4 is 5.32 Å². The predicted molar refractivity (Wildman–Crippen MR) is 135 cm³/mol. The Bertz CT molecular complexity index is 1120. The fourth-order valence-corrected chi connectivity index (χ4v) is 6.45. The lowest BCUT2D eigenvalue weighted by atomic mass is 9.92. The molecule has 0 radical (unpaired) electrons. The average molecular weight is 498 g/mol. The largest absolute Gasteiger partial charge is 0.349 e. The molecule has 1 N–H and O–H groups in total. The van der Waals surface area contributed by atoms with Gasteiger partial charge in [0.2, 0.25) is 21.8 Å². The molecule has 188 valence electrons. The molecule has 0 spiro atoms. The van der Waals surface area contributed by atoms with Crippen LogP contribution in [0.1, 0.15) is 49.8 Å². The maximum absolute atomic E-state index is 13.1. The van der Waals surface area contributed by atoms with Crippen LogP contribution in [0.25, 0.3) is 0 Å². The van der Waals surface area contributed by atoms with Gasteiger partial charge in [-0.25, -0.2) is 8.42 Å². The maximum Gasteiger partial charge on any atom is 0.243 e. The topological polar surface area (TPSA) is 86.8 Å². The standard InChI is InChI=1S/C27H35N3O4S/c1-20-8-10-25(11-9-20)35(33,34)30-18-14-24(15-19-30)27(32)29-16-12-23(13-17-29)26(31)28-21(2)22-6-4-3-5-7-22/h3-11,21,23-24H,12-19H2,1-2H3,(H,28,31)/t21-/m1/s1. The van der Waals surface area contributed by atoms with E-state index >= 15 is 0 Å². The van der Waals surface area contributed by atoms with Crippen molar-refractivity contribution in [1.82, 2.24) is 14.5 Å². The zero-order valence-electron chi connectivity index (χ0n) is 20.5. The van der Waals surface area contributed by atoms with Gasteiger partial charge in [0.05, 0.1) is 10.9 Å². The summed E-state index contributed by atoms with van der Waals surface area (Å²) in [5, 5.41) is 3.10. The summed E-state index contributed by atoms with van der Waals surface area (Å²) >= 11 is 0. The molecule has 0 saturated carbocycles. The zero-order valence-corrected chi connectivity index (χ0v) is 21.3. The minimum absolute atomic E-state index is 0.0445. The second-order valence-corrected chi connectivity index (χ2v) is 11.7. The molecule has 2 aromatic rings. The van der Waals surface area contributed by atoms with Gasteiger partial charge in [-0.05, 0) is 57.2 Å². The van der Waals surface area contributed by atoms with Crippen LogP contribution in [-0.4, -0.2) is 55.6 Å².